The van der Waals surface area contributed by atoms with Crippen LogP contribution in [0.25, 0.3) is 0 Å². The molecule has 0 aliphatic carbocycles. The molecule has 1 aliphatic heterocycles. The topological polar surface area (TPSA) is 110 Å². The van der Waals surface area contributed by atoms with Crippen molar-refractivity contribution in [2.75, 3.05) is 30.8 Å². The maximum Gasteiger partial charge on any atom is 0.271 e. The fourth-order valence-corrected chi connectivity index (χ4v) is 3.93. The van der Waals surface area contributed by atoms with Crippen molar-refractivity contribution >= 4 is 27.1 Å². The van der Waals surface area contributed by atoms with Crippen LogP contribution in [0.2, 0.25) is 0 Å². The fourth-order valence-electron chi connectivity index (χ4n) is 3.26. The van der Waals surface area contributed by atoms with Gasteiger partial charge in [0.15, 0.2) is 9.84 Å². The summed E-state index contributed by atoms with van der Waals surface area (Å²) < 4.78 is 36.6. The maximum absolute atomic E-state index is 13.1. The number of carbonyl (C=O) groups excluding carboxylic acids is 1. The van der Waals surface area contributed by atoms with Crippen LogP contribution < -0.4 is 10.2 Å². The predicted octanol–water partition coefficient (Wildman–Crippen LogP) is 2.39. The zero-order valence-corrected chi connectivity index (χ0v) is 16.5. The normalized spacial score (nSPS) is 16.6. The van der Waals surface area contributed by atoms with E-state index < -0.39 is 26.4 Å². The van der Waals surface area contributed by atoms with Gasteiger partial charge in [0.1, 0.15) is 5.82 Å². The summed E-state index contributed by atoms with van der Waals surface area (Å²) in [5, 5.41) is 13.8. The van der Waals surface area contributed by atoms with Crippen LogP contribution in [0.1, 0.15) is 16.8 Å². The van der Waals surface area contributed by atoms with E-state index in [9.17, 15) is 27.7 Å². The summed E-state index contributed by atoms with van der Waals surface area (Å²) >= 11 is 0. The Bertz CT molecular complexity index is 1040. The second-order valence-electron chi connectivity index (χ2n) is 7.03. The number of nitrogens with one attached hydrogen (secondary N) is 1. The summed E-state index contributed by atoms with van der Waals surface area (Å²) in [4.78, 5) is 24.6. The Kier molecular flexibility index (Phi) is 5.83. The summed E-state index contributed by atoms with van der Waals surface area (Å²) in [6, 6.07) is 9.32. The number of hydrogen-bond acceptors (Lipinski definition) is 6. The van der Waals surface area contributed by atoms with Crippen LogP contribution in [0.5, 0.6) is 0 Å². The number of non-ortho nitro benzene ring substituents is 1. The predicted molar refractivity (Wildman–Crippen MR) is 105 cm³/mol. The van der Waals surface area contributed by atoms with Crippen LogP contribution in [-0.2, 0) is 9.84 Å². The van der Waals surface area contributed by atoms with Crippen molar-refractivity contribution in [3.05, 3.63) is 64.0 Å². The van der Waals surface area contributed by atoms with Crippen LogP contribution in [0.15, 0.2) is 47.4 Å². The molecule has 29 heavy (non-hydrogen) atoms. The molecule has 1 N–H and O–H groups in total. The molecule has 154 valence electrons. The van der Waals surface area contributed by atoms with Crippen molar-refractivity contribution < 1.29 is 22.5 Å². The number of sulfone groups is 1. The number of nitro benzene ring substituents is 1. The third kappa shape index (κ3) is 5.08. The van der Waals surface area contributed by atoms with E-state index >= 15 is 0 Å². The first-order chi connectivity index (χ1) is 13.6. The molecule has 0 radical (unpaired) electrons. The number of halogens is 1. The minimum absolute atomic E-state index is 0.0759. The molecule has 3 rings (SSSR count). The third-order valence-electron chi connectivity index (χ3n) is 4.82. The number of carbonyl (C=O) groups is 1. The molecule has 0 bridgehead atoms. The lowest BCUT2D eigenvalue weighted by Gasteiger charge is -2.19. The lowest BCUT2D eigenvalue weighted by atomic mass is 10.1. The van der Waals surface area contributed by atoms with E-state index in [0.29, 0.717) is 13.1 Å². The molecule has 1 amide bonds. The van der Waals surface area contributed by atoms with E-state index in [4.69, 9.17) is 0 Å². The Hall–Kier alpha value is -3.01. The monoisotopic (exact) mass is 421 g/mol. The number of hydrogen-bond donors (Lipinski definition) is 1. The van der Waals surface area contributed by atoms with Gasteiger partial charge < -0.3 is 10.2 Å². The van der Waals surface area contributed by atoms with Gasteiger partial charge in [-0.05, 0) is 42.7 Å². The molecule has 2 aromatic rings. The van der Waals surface area contributed by atoms with E-state index in [2.05, 4.69) is 10.2 Å². The Morgan fingerprint density at radius 1 is 1.28 bits per heavy atom. The largest absolute Gasteiger partial charge is 0.371 e. The molecular weight excluding hydrogens is 401 g/mol. The van der Waals surface area contributed by atoms with Gasteiger partial charge >= 0.3 is 0 Å². The van der Waals surface area contributed by atoms with Gasteiger partial charge in [-0.25, -0.2) is 12.8 Å². The highest BCUT2D eigenvalue weighted by Gasteiger charge is 2.24. The number of benzene rings is 2. The van der Waals surface area contributed by atoms with Gasteiger partial charge in [0, 0.05) is 49.3 Å². The molecule has 0 saturated carbocycles. The summed E-state index contributed by atoms with van der Waals surface area (Å²) in [5.74, 6) is -0.724. The second kappa shape index (κ2) is 8.16. The van der Waals surface area contributed by atoms with Crippen molar-refractivity contribution in [2.45, 2.75) is 11.3 Å². The van der Waals surface area contributed by atoms with Gasteiger partial charge in [0.05, 0.1) is 9.82 Å². The highest BCUT2D eigenvalue weighted by atomic mass is 32.2. The van der Waals surface area contributed by atoms with Crippen molar-refractivity contribution in [1.29, 1.82) is 0 Å². The van der Waals surface area contributed by atoms with Crippen molar-refractivity contribution in [3.8, 4) is 0 Å². The fraction of sp³-hybridized carbons (Fsp3) is 0.316. The molecule has 1 saturated heterocycles. The number of anilines is 1. The average Bonchev–Trinajstić information content (AvgIpc) is 3.14. The van der Waals surface area contributed by atoms with E-state index in [0.717, 1.165) is 43.1 Å². The smallest absolute Gasteiger partial charge is 0.271 e. The highest BCUT2D eigenvalue weighted by molar-refractivity contribution is 7.90. The zero-order chi connectivity index (χ0) is 21.2. The van der Waals surface area contributed by atoms with Crippen LogP contribution in [-0.4, -0.2) is 45.1 Å². The SMILES string of the molecule is CS(=O)(=O)c1cc(C(=O)NCC2CCN(c3ccc(F)cc3)C2)cc([N+](=O)[O-])c1. The van der Waals surface area contributed by atoms with Crippen molar-refractivity contribution in [1.82, 2.24) is 5.32 Å². The number of nitro groups is 1. The Labute approximate surface area is 167 Å². The first-order valence-corrected chi connectivity index (χ1v) is 10.8. The van der Waals surface area contributed by atoms with Crippen LogP contribution in [0.3, 0.4) is 0 Å². The van der Waals surface area contributed by atoms with E-state index in [1.807, 2.05) is 0 Å². The highest BCUT2D eigenvalue weighted by Crippen LogP contribution is 2.24. The molecule has 0 aromatic heterocycles. The quantitative estimate of drug-likeness (QED) is 0.567. The van der Waals surface area contributed by atoms with E-state index in [-0.39, 0.29) is 22.2 Å². The lowest BCUT2D eigenvalue weighted by Crippen LogP contribution is -2.31. The van der Waals surface area contributed by atoms with Gasteiger partial charge in [0.25, 0.3) is 11.6 Å². The zero-order valence-electron chi connectivity index (χ0n) is 15.7. The van der Waals surface area contributed by atoms with Gasteiger partial charge in [-0.1, -0.05) is 0 Å². The molecule has 2 aromatic carbocycles. The number of amides is 1. The van der Waals surface area contributed by atoms with E-state index in [1.54, 1.807) is 12.1 Å². The van der Waals surface area contributed by atoms with Crippen molar-refractivity contribution in [3.63, 3.8) is 0 Å². The molecule has 1 aliphatic rings. The molecule has 10 heteroatoms. The molecule has 1 fully saturated rings. The van der Waals surface area contributed by atoms with E-state index in [1.165, 1.54) is 12.1 Å². The van der Waals surface area contributed by atoms with Crippen LogP contribution in [0, 0.1) is 21.8 Å². The molecular formula is C19H20FN3O5S. The molecule has 1 unspecified atom stereocenters. The first-order valence-electron chi connectivity index (χ1n) is 8.92. The number of nitrogens with zero attached hydrogens (tertiary/aromatic N) is 2. The maximum atomic E-state index is 13.1. The first kappa shape index (κ1) is 20.7. The number of rotatable bonds is 6. The molecule has 8 nitrogen and oxygen atoms in total. The summed E-state index contributed by atoms with van der Waals surface area (Å²) in [7, 11) is -3.70. The van der Waals surface area contributed by atoms with Gasteiger partial charge in [-0.15, -0.1) is 0 Å². The van der Waals surface area contributed by atoms with Crippen LogP contribution >= 0.6 is 0 Å². The average molecular weight is 421 g/mol. The molecule has 1 atom stereocenters. The minimum atomic E-state index is -3.70. The summed E-state index contributed by atoms with van der Waals surface area (Å²) in [6.45, 7) is 1.78. The Morgan fingerprint density at radius 3 is 2.59 bits per heavy atom. The van der Waals surface area contributed by atoms with Gasteiger partial charge in [-0.3, -0.25) is 14.9 Å². The molecule has 1 heterocycles. The summed E-state index contributed by atoms with van der Waals surface area (Å²) in [6.07, 6.45) is 1.75. The van der Waals surface area contributed by atoms with Gasteiger partial charge in [0.2, 0.25) is 0 Å². The Morgan fingerprint density at radius 2 is 1.97 bits per heavy atom. The second-order valence-corrected chi connectivity index (χ2v) is 9.05. The summed E-state index contributed by atoms with van der Waals surface area (Å²) in [5.41, 5.74) is 0.367. The van der Waals surface area contributed by atoms with Gasteiger partial charge in [-0.2, -0.15) is 0 Å². The standard InChI is InChI=1S/C19H20FN3O5S/c1-29(27,28)18-9-14(8-17(10-18)23(25)26)19(24)21-11-13-6-7-22(12-13)16-4-2-15(20)3-5-16/h2-5,8-10,13H,6-7,11-12H2,1H3,(H,21,24). The lowest BCUT2D eigenvalue weighted by molar-refractivity contribution is -0.385. The van der Waals surface area contributed by atoms with Crippen molar-refractivity contribution in [2.24, 2.45) is 5.92 Å². The minimum Gasteiger partial charge on any atom is -0.371 e. The third-order valence-corrected chi connectivity index (χ3v) is 5.91. The molecule has 0 spiro atoms. The Balaban J connectivity index is 1.66. The van der Waals surface area contributed by atoms with Crippen LogP contribution in [0.4, 0.5) is 15.8 Å².